The summed E-state index contributed by atoms with van der Waals surface area (Å²) in [4.78, 5) is 22.3. The van der Waals surface area contributed by atoms with Crippen LogP contribution in [0, 0.1) is 10.1 Å². The van der Waals surface area contributed by atoms with Crippen LogP contribution in [0.4, 0.5) is 5.69 Å². The maximum Gasteiger partial charge on any atom is 0.269 e. The lowest BCUT2D eigenvalue weighted by atomic mass is 10.1. The van der Waals surface area contributed by atoms with Gasteiger partial charge in [0.1, 0.15) is 5.75 Å². The number of nitrogens with one attached hydrogen (secondary N) is 1. The summed E-state index contributed by atoms with van der Waals surface area (Å²) < 4.78 is 5.20. The van der Waals surface area contributed by atoms with Crippen molar-refractivity contribution in [2.75, 3.05) is 7.11 Å². The molecule has 0 aromatic heterocycles. The second kappa shape index (κ2) is 8.45. The fraction of sp³-hybridized carbons (Fsp3) is 0.167. The number of nitro benzene ring substituents is 1. The Balaban J connectivity index is 1.61. The number of methoxy groups -OCH3 is 1. The topological polar surface area (TPSA) is 106 Å². The zero-order valence-corrected chi connectivity index (χ0v) is 15.2. The van der Waals surface area contributed by atoms with Crippen LogP contribution in [0.3, 0.4) is 0 Å². The number of nitro groups is 1. The van der Waals surface area contributed by atoms with Gasteiger partial charge in [-0.15, -0.1) is 5.10 Å². The lowest BCUT2D eigenvalue weighted by molar-refractivity contribution is -0.384. The van der Waals surface area contributed by atoms with Gasteiger partial charge in [0.15, 0.2) is 5.17 Å². The SMILES string of the molecule is COc1cccc(CC2S/C(=N/N=Cc3ccc([N+](=O)[O-])cc3)NC2=O)c1. The number of nitrogens with zero attached hydrogens (tertiary/aromatic N) is 3. The first-order valence-corrected chi connectivity index (χ1v) is 8.89. The molecule has 0 spiro atoms. The van der Waals surface area contributed by atoms with E-state index >= 15 is 0 Å². The normalized spacial score (nSPS) is 18.0. The van der Waals surface area contributed by atoms with Crippen LogP contribution in [0.2, 0.25) is 0 Å². The number of hydrogen-bond donors (Lipinski definition) is 1. The Kier molecular flexibility index (Phi) is 5.82. The molecular weight excluding hydrogens is 368 g/mol. The third kappa shape index (κ3) is 4.91. The van der Waals surface area contributed by atoms with Gasteiger partial charge in [0, 0.05) is 12.1 Å². The Labute approximate surface area is 159 Å². The van der Waals surface area contributed by atoms with E-state index in [4.69, 9.17) is 4.74 Å². The zero-order chi connectivity index (χ0) is 19.2. The highest BCUT2D eigenvalue weighted by Gasteiger charge is 2.30. The predicted octanol–water partition coefficient (Wildman–Crippen LogP) is 2.77. The van der Waals surface area contributed by atoms with Gasteiger partial charge in [-0.3, -0.25) is 14.9 Å². The number of rotatable bonds is 6. The van der Waals surface area contributed by atoms with Crippen LogP contribution in [-0.4, -0.2) is 34.6 Å². The molecule has 2 aromatic rings. The third-order valence-corrected chi connectivity index (χ3v) is 4.86. The van der Waals surface area contributed by atoms with Crippen molar-refractivity contribution in [2.24, 2.45) is 10.2 Å². The van der Waals surface area contributed by atoms with Crippen LogP contribution in [0.15, 0.2) is 58.7 Å². The molecule has 1 unspecified atom stereocenters. The third-order valence-electron chi connectivity index (χ3n) is 3.79. The molecule has 1 fully saturated rings. The average Bonchev–Trinajstić information content (AvgIpc) is 3.01. The van der Waals surface area contributed by atoms with Gasteiger partial charge in [-0.25, -0.2) is 0 Å². The molecule has 0 bridgehead atoms. The van der Waals surface area contributed by atoms with Gasteiger partial charge < -0.3 is 10.1 Å². The lowest BCUT2D eigenvalue weighted by Crippen LogP contribution is -2.25. The van der Waals surface area contributed by atoms with Gasteiger partial charge >= 0.3 is 0 Å². The van der Waals surface area contributed by atoms with E-state index < -0.39 is 4.92 Å². The van der Waals surface area contributed by atoms with Gasteiger partial charge in [-0.1, -0.05) is 23.9 Å². The molecule has 0 aliphatic carbocycles. The predicted molar refractivity (Wildman–Crippen MR) is 104 cm³/mol. The molecule has 0 radical (unpaired) electrons. The summed E-state index contributed by atoms with van der Waals surface area (Å²) in [7, 11) is 1.60. The Morgan fingerprint density at radius 2 is 2.07 bits per heavy atom. The minimum Gasteiger partial charge on any atom is -0.497 e. The monoisotopic (exact) mass is 384 g/mol. The van der Waals surface area contributed by atoms with Crippen LogP contribution in [-0.2, 0) is 11.2 Å². The fourth-order valence-corrected chi connectivity index (χ4v) is 3.40. The largest absolute Gasteiger partial charge is 0.497 e. The summed E-state index contributed by atoms with van der Waals surface area (Å²) in [6, 6.07) is 13.5. The van der Waals surface area contributed by atoms with Crippen LogP contribution in [0.1, 0.15) is 11.1 Å². The Morgan fingerprint density at radius 3 is 2.78 bits per heavy atom. The van der Waals surface area contributed by atoms with Gasteiger partial charge in [0.25, 0.3) is 5.69 Å². The summed E-state index contributed by atoms with van der Waals surface area (Å²) in [5, 5.41) is 21.4. The van der Waals surface area contributed by atoms with Crippen LogP contribution in [0.5, 0.6) is 5.75 Å². The van der Waals surface area contributed by atoms with Crippen molar-refractivity contribution in [3.8, 4) is 5.75 Å². The molecule has 8 nitrogen and oxygen atoms in total. The van der Waals surface area contributed by atoms with Crippen molar-refractivity contribution < 1.29 is 14.5 Å². The summed E-state index contributed by atoms with van der Waals surface area (Å²) in [5.74, 6) is 0.629. The molecule has 1 heterocycles. The number of carbonyl (C=O) groups is 1. The molecule has 1 aliphatic rings. The van der Waals surface area contributed by atoms with E-state index in [2.05, 4.69) is 15.5 Å². The minimum atomic E-state index is -0.464. The molecule has 1 N–H and O–H groups in total. The molecule has 138 valence electrons. The van der Waals surface area contributed by atoms with Crippen molar-refractivity contribution in [1.82, 2.24) is 5.32 Å². The lowest BCUT2D eigenvalue weighted by Gasteiger charge is -2.07. The Morgan fingerprint density at radius 1 is 1.30 bits per heavy atom. The van der Waals surface area contributed by atoms with E-state index in [0.29, 0.717) is 17.2 Å². The van der Waals surface area contributed by atoms with E-state index in [0.717, 1.165) is 11.3 Å². The fourth-order valence-electron chi connectivity index (χ4n) is 2.43. The van der Waals surface area contributed by atoms with Crippen molar-refractivity contribution in [3.05, 3.63) is 69.8 Å². The summed E-state index contributed by atoms with van der Waals surface area (Å²) in [6.45, 7) is 0. The Bertz CT molecular complexity index is 912. The zero-order valence-electron chi connectivity index (χ0n) is 14.4. The van der Waals surface area contributed by atoms with E-state index in [9.17, 15) is 14.9 Å². The smallest absolute Gasteiger partial charge is 0.269 e. The first kappa shape index (κ1) is 18.6. The van der Waals surface area contributed by atoms with Crippen molar-refractivity contribution in [2.45, 2.75) is 11.7 Å². The van der Waals surface area contributed by atoms with Gasteiger partial charge in [0.2, 0.25) is 5.91 Å². The highest BCUT2D eigenvalue weighted by Crippen LogP contribution is 2.24. The first-order valence-electron chi connectivity index (χ1n) is 8.01. The molecule has 0 saturated carbocycles. The van der Waals surface area contributed by atoms with Crippen LogP contribution in [0.25, 0.3) is 0 Å². The molecule has 1 saturated heterocycles. The van der Waals surface area contributed by atoms with Crippen LogP contribution >= 0.6 is 11.8 Å². The van der Waals surface area contributed by atoms with E-state index in [1.165, 1.54) is 30.1 Å². The quantitative estimate of drug-likeness (QED) is 0.468. The van der Waals surface area contributed by atoms with Gasteiger partial charge in [-0.2, -0.15) is 5.10 Å². The number of amidine groups is 1. The Hall–Kier alpha value is -3.20. The number of hydrogen-bond acceptors (Lipinski definition) is 7. The molecular formula is C18H16N4O4S. The van der Waals surface area contributed by atoms with E-state index in [1.807, 2.05) is 24.3 Å². The molecule has 9 heteroatoms. The highest BCUT2D eigenvalue weighted by molar-refractivity contribution is 8.15. The molecule has 1 amide bonds. The molecule has 1 aliphatic heterocycles. The molecule has 27 heavy (non-hydrogen) atoms. The first-order chi connectivity index (χ1) is 13.0. The van der Waals surface area contributed by atoms with Crippen LogP contribution < -0.4 is 10.1 Å². The summed E-state index contributed by atoms with van der Waals surface area (Å²) >= 11 is 1.31. The number of non-ortho nitro benzene ring substituents is 1. The van der Waals surface area contributed by atoms with E-state index in [-0.39, 0.29) is 16.8 Å². The standard InChI is InChI=1S/C18H16N4O4S/c1-26-15-4-2-3-13(9-15)10-16-17(23)20-18(27-16)21-19-11-12-5-7-14(8-6-12)22(24)25/h2-9,11,16H,10H2,1H3,(H,20,21,23). The van der Waals surface area contributed by atoms with Crippen molar-refractivity contribution >= 4 is 34.7 Å². The average molecular weight is 384 g/mol. The second-order valence-corrected chi connectivity index (χ2v) is 6.84. The van der Waals surface area contributed by atoms with Crippen molar-refractivity contribution in [1.29, 1.82) is 0 Å². The summed E-state index contributed by atoms with van der Waals surface area (Å²) in [6.07, 6.45) is 2.03. The number of ether oxygens (including phenoxy) is 1. The molecule has 2 aromatic carbocycles. The maximum atomic E-state index is 12.1. The summed E-state index contributed by atoms with van der Waals surface area (Å²) in [5.41, 5.74) is 1.68. The maximum absolute atomic E-state index is 12.1. The number of amides is 1. The molecule has 3 rings (SSSR count). The van der Waals surface area contributed by atoms with Gasteiger partial charge in [0.05, 0.1) is 23.5 Å². The minimum absolute atomic E-state index is 0.0115. The number of carbonyl (C=O) groups excluding carboxylic acids is 1. The highest BCUT2D eigenvalue weighted by atomic mass is 32.2. The number of thioether (sulfide) groups is 1. The second-order valence-electron chi connectivity index (χ2n) is 5.65. The number of benzene rings is 2. The van der Waals surface area contributed by atoms with Gasteiger partial charge in [-0.05, 0) is 41.8 Å². The molecule has 1 atom stereocenters. The van der Waals surface area contributed by atoms with E-state index in [1.54, 1.807) is 19.2 Å². The van der Waals surface area contributed by atoms with Crippen molar-refractivity contribution in [3.63, 3.8) is 0 Å².